The topological polar surface area (TPSA) is 106 Å². The molecule has 2 aromatic heterocycles. The fourth-order valence-corrected chi connectivity index (χ4v) is 4.44. The molecular weight excluding hydrogens is 468 g/mol. The van der Waals surface area contributed by atoms with E-state index in [4.69, 9.17) is 14.2 Å². The maximum atomic E-state index is 12.6. The predicted octanol–water partition coefficient (Wildman–Crippen LogP) is 5.31. The second kappa shape index (κ2) is 11.1. The Morgan fingerprint density at radius 2 is 2.05 bits per heavy atom. The van der Waals surface area contributed by atoms with Crippen molar-refractivity contribution >= 4 is 18.1 Å². The van der Waals surface area contributed by atoms with Gasteiger partial charge in [-0.25, -0.2) is 9.78 Å². The van der Waals surface area contributed by atoms with Crippen LogP contribution in [0.3, 0.4) is 0 Å². The van der Waals surface area contributed by atoms with E-state index in [0.29, 0.717) is 24.8 Å². The lowest BCUT2D eigenvalue weighted by molar-refractivity contribution is 0.0258. The number of pyridine rings is 1. The number of nitrogens with zero attached hydrogens (tertiary/aromatic N) is 5. The molecule has 3 aromatic rings. The molecular formula is C28H36N6O3. The van der Waals surface area contributed by atoms with E-state index in [9.17, 15) is 4.79 Å². The average molecular weight is 505 g/mol. The number of nitrogens with one attached hydrogen (secondary N) is 1. The lowest BCUT2D eigenvalue weighted by Gasteiger charge is -2.26. The van der Waals surface area contributed by atoms with Gasteiger partial charge in [-0.05, 0) is 69.7 Å². The largest absolute Gasteiger partial charge is 0.444 e. The zero-order chi connectivity index (χ0) is 26.6. The standard InChI is InChI=1S/C28H36N6O3/c1-7-12-30-24-20(16-29-6)15-21(17-31-24)26-32-25(33-37-26)23-9-8-19-10-13-34(14-11-22(19)18(23)2)27(35)36-28(3,4)5/h8-9,15-17H,7,10-14H2,1-6H3,(H,30,31). The number of ether oxygens (including phenoxy) is 1. The molecule has 1 N–H and O–H groups in total. The summed E-state index contributed by atoms with van der Waals surface area (Å²) in [5.41, 5.74) is 5.57. The summed E-state index contributed by atoms with van der Waals surface area (Å²) in [7, 11) is 1.73. The van der Waals surface area contributed by atoms with Gasteiger partial charge >= 0.3 is 6.09 Å². The monoisotopic (exact) mass is 504 g/mol. The van der Waals surface area contributed by atoms with Crippen molar-refractivity contribution in [1.29, 1.82) is 0 Å². The van der Waals surface area contributed by atoms with E-state index in [2.05, 4.69) is 40.4 Å². The summed E-state index contributed by atoms with van der Waals surface area (Å²) in [6.07, 6.45) is 5.75. The second-order valence-corrected chi connectivity index (χ2v) is 10.2. The molecule has 1 aliphatic heterocycles. The molecule has 0 atom stereocenters. The summed E-state index contributed by atoms with van der Waals surface area (Å²) < 4.78 is 11.2. The molecule has 0 aliphatic carbocycles. The van der Waals surface area contributed by atoms with Crippen molar-refractivity contribution in [3.05, 3.63) is 46.6 Å². The van der Waals surface area contributed by atoms with Crippen LogP contribution in [-0.4, -0.2) is 64.6 Å². The Hall–Kier alpha value is -3.75. The van der Waals surface area contributed by atoms with Gasteiger partial charge in [-0.15, -0.1) is 0 Å². The van der Waals surface area contributed by atoms with E-state index in [1.54, 1.807) is 24.4 Å². The van der Waals surface area contributed by atoms with Crippen molar-refractivity contribution in [2.24, 2.45) is 4.99 Å². The molecule has 0 fully saturated rings. The van der Waals surface area contributed by atoms with Gasteiger partial charge in [-0.3, -0.25) is 4.99 Å². The number of benzene rings is 1. The SMILES string of the molecule is CCCNc1ncc(-c2nc(-c3ccc4c(c3C)CCN(C(=O)OC(C)(C)C)CC4)no2)cc1C=NC. The summed E-state index contributed by atoms with van der Waals surface area (Å²) in [5, 5.41) is 7.60. The van der Waals surface area contributed by atoms with Crippen LogP contribution in [0.5, 0.6) is 0 Å². The lowest BCUT2D eigenvalue weighted by Crippen LogP contribution is -2.38. The van der Waals surface area contributed by atoms with Gasteiger partial charge in [0.1, 0.15) is 11.4 Å². The number of anilines is 1. The van der Waals surface area contributed by atoms with Crippen LogP contribution >= 0.6 is 0 Å². The Labute approximate surface area is 218 Å². The van der Waals surface area contributed by atoms with E-state index in [1.807, 2.05) is 32.9 Å². The predicted molar refractivity (Wildman–Crippen MR) is 145 cm³/mol. The maximum Gasteiger partial charge on any atom is 0.410 e. The minimum absolute atomic E-state index is 0.266. The van der Waals surface area contributed by atoms with E-state index in [1.165, 1.54) is 11.1 Å². The highest BCUT2D eigenvalue weighted by atomic mass is 16.6. The first-order valence-corrected chi connectivity index (χ1v) is 12.8. The number of carbonyl (C=O) groups is 1. The van der Waals surface area contributed by atoms with E-state index < -0.39 is 5.60 Å². The number of aromatic nitrogens is 3. The number of rotatable bonds is 6. The van der Waals surface area contributed by atoms with Gasteiger partial charge in [0.2, 0.25) is 5.82 Å². The summed E-state index contributed by atoms with van der Waals surface area (Å²) in [6, 6.07) is 6.10. The van der Waals surface area contributed by atoms with E-state index >= 15 is 0 Å². The first kappa shape index (κ1) is 26.3. The molecule has 0 spiro atoms. The van der Waals surface area contributed by atoms with E-state index in [-0.39, 0.29) is 6.09 Å². The third-order valence-corrected chi connectivity index (χ3v) is 6.27. The van der Waals surface area contributed by atoms with Crippen molar-refractivity contribution in [2.75, 3.05) is 32.0 Å². The zero-order valence-electron chi connectivity index (χ0n) is 22.6. The van der Waals surface area contributed by atoms with Crippen LogP contribution in [-0.2, 0) is 17.6 Å². The minimum Gasteiger partial charge on any atom is -0.444 e. The third kappa shape index (κ3) is 6.15. The van der Waals surface area contributed by atoms with Crippen molar-refractivity contribution in [3.63, 3.8) is 0 Å². The van der Waals surface area contributed by atoms with Crippen LogP contribution in [0, 0.1) is 6.92 Å². The van der Waals surface area contributed by atoms with Crippen molar-refractivity contribution in [1.82, 2.24) is 20.0 Å². The van der Waals surface area contributed by atoms with Gasteiger partial charge in [0.05, 0.1) is 5.56 Å². The molecule has 1 aliphatic rings. The van der Waals surface area contributed by atoms with Gasteiger partial charge in [0, 0.05) is 50.2 Å². The quantitative estimate of drug-likeness (QED) is 0.453. The number of fused-ring (bicyclic) bond motifs is 1. The molecule has 3 heterocycles. The highest BCUT2D eigenvalue weighted by Gasteiger charge is 2.26. The van der Waals surface area contributed by atoms with Crippen molar-refractivity contribution in [2.45, 2.75) is 59.5 Å². The fraction of sp³-hybridized carbons (Fsp3) is 0.464. The highest BCUT2D eigenvalue weighted by Crippen LogP contribution is 2.31. The molecule has 196 valence electrons. The van der Waals surface area contributed by atoms with Gasteiger partial charge in [-0.2, -0.15) is 4.98 Å². The molecule has 37 heavy (non-hydrogen) atoms. The lowest BCUT2D eigenvalue weighted by atomic mass is 9.93. The van der Waals surface area contributed by atoms with Crippen LogP contribution in [0.15, 0.2) is 33.9 Å². The third-order valence-electron chi connectivity index (χ3n) is 6.27. The van der Waals surface area contributed by atoms with Crippen molar-refractivity contribution in [3.8, 4) is 22.8 Å². The number of amides is 1. The van der Waals surface area contributed by atoms with Crippen molar-refractivity contribution < 1.29 is 14.1 Å². The summed E-state index contributed by atoms with van der Waals surface area (Å²) in [4.78, 5) is 27.8. The Morgan fingerprint density at radius 1 is 1.27 bits per heavy atom. The molecule has 0 bridgehead atoms. The average Bonchev–Trinajstić information content (AvgIpc) is 3.22. The summed E-state index contributed by atoms with van der Waals surface area (Å²) in [6.45, 7) is 11.9. The molecule has 1 aromatic carbocycles. The number of hydrogen-bond acceptors (Lipinski definition) is 8. The van der Waals surface area contributed by atoms with Crippen LogP contribution in [0.25, 0.3) is 22.8 Å². The first-order chi connectivity index (χ1) is 17.7. The molecule has 0 unspecified atom stereocenters. The van der Waals surface area contributed by atoms with Crippen LogP contribution in [0.2, 0.25) is 0 Å². The molecule has 0 saturated carbocycles. The first-order valence-electron chi connectivity index (χ1n) is 12.8. The van der Waals surface area contributed by atoms with Gasteiger partial charge < -0.3 is 19.5 Å². The summed E-state index contributed by atoms with van der Waals surface area (Å²) in [5.74, 6) is 1.71. The zero-order valence-corrected chi connectivity index (χ0v) is 22.6. The smallest absolute Gasteiger partial charge is 0.410 e. The Morgan fingerprint density at radius 3 is 2.78 bits per heavy atom. The number of hydrogen-bond donors (Lipinski definition) is 1. The molecule has 0 saturated heterocycles. The molecule has 0 radical (unpaired) electrons. The van der Waals surface area contributed by atoms with Gasteiger partial charge in [0.15, 0.2) is 0 Å². The Kier molecular flexibility index (Phi) is 7.90. The second-order valence-electron chi connectivity index (χ2n) is 10.2. The maximum absolute atomic E-state index is 12.6. The normalized spacial score (nSPS) is 13.9. The van der Waals surface area contributed by atoms with Gasteiger partial charge in [-0.1, -0.05) is 24.2 Å². The number of aliphatic imine (C=N–C) groups is 1. The van der Waals surface area contributed by atoms with Crippen LogP contribution in [0.4, 0.5) is 10.6 Å². The van der Waals surface area contributed by atoms with Crippen LogP contribution < -0.4 is 5.32 Å². The summed E-state index contributed by atoms with van der Waals surface area (Å²) >= 11 is 0. The molecule has 4 rings (SSSR count). The Balaban J connectivity index is 1.57. The molecule has 1 amide bonds. The van der Waals surface area contributed by atoms with E-state index in [0.717, 1.165) is 53.9 Å². The van der Waals surface area contributed by atoms with Crippen LogP contribution in [0.1, 0.15) is 56.4 Å². The Bertz CT molecular complexity index is 1290. The number of carbonyl (C=O) groups excluding carboxylic acids is 1. The molecule has 9 heteroatoms. The minimum atomic E-state index is -0.512. The van der Waals surface area contributed by atoms with Gasteiger partial charge in [0.25, 0.3) is 5.89 Å². The molecule has 9 nitrogen and oxygen atoms in total. The fourth-order valence-electron chi connectivity index (χ4n) is 4.44. The highest BCUT2D eigenvalue weighted by molar-refractivity contribution is 5.88.